The van der Waals surface area contributed by atoms with Crippen LogP contribution in [0, 0.1) is 6.92 Å². The molecule has 6 rings (SSSR count). The van der Waals surface area contributed by atoms with E-state index in [9.17, 15) is 9.90 Å². The van der Waals surface area contributed by atoms with E-state index >= 15 is 0 Å². The van der Waals surface area contributed by atoms with Crippen LogP contribution in [0.5, 0.6) is 5.75 Å². The molecule has 38 heavy (non-hydrogen) atoms. The number of carboxylic acids is 1. The van der Waals surface area contributed by atoms with Crippen LogP contribution in [0.4, 0.5) is 0 Å². The number of H-pyrrole nitrogens is 1. The van der Waals surface area contributed by atoms with Crippen molar-refractivity contribution in [2.24, 2.45) is 0 Å². The highest BCUT2D eigenvalue weighted by Gasteiger charge is 2.33. The maximum Gasteiger partial charge on any atom is 0.337 e. The van der Waals surface area contributed by atoms with E-state index in [1.165, 1.54) is 0 Å². The molecule has 8 heteroatoms. The van der Waals surface area contributed by atoms with Crippen molar-refractivity contribution in [3.8, 4) is 28.1 Å². The second kappa shape index (κ2) is 8.92. The second-order valence-electron chi connectivity index (χ2n) is 10.6. The number of hydrogen-bond donors (Lipinski definition) is 2. The van der Waals surface area contributed by atoms with Crippen molar-refractivity contribution >= 4 is 27.8 Å². The molecule has 1 aliphatic heterocycles. The van der Waals surface area contributed by atoms with Crippen molar-refractivity contribution in [1.82, 2.24) is 20.2 Å². The zero-order valence-electron chi connectivity index (χ0n) is 21.7. The maximum absolute atomic E-state index is 12.7. The van der Waals surface area contributed by atoms with Gasteiger partial charge in [-0.25, -0.2) is 9.78 Å². The average Bonchev–Trinajstić information content (AvgIpc) is 3.42. The molecule has 1 atom stereocenters. The third kappa shape index (κ3) is 4.07. The molecule has 2 aromatic carbocycles. The van der Waals surface area contributed by atoms with Gasteiger partial charge in [0, 0.05) is 46.3 Å². The van der Waals surface area contributed by atoms with Crippen LogP contribution in [0.1, 0.15) is 43.6 Å². The smallest absolute Gasteiger partial charge is 0.337 e. The van der Waals surface area contributed by atoms with Gasteiger partial charge in [-0.05, 0) is 74.7 Å². The Hall–Kier alpha value is -4.30. The van der Waals surface area contributed by atoms with Crippen molar-refractivity contribution in [3.63, 3.8) is 0 Å². The lowest BCUT2D eigenvalue weighted by atomic mass is 9.86. The van der Waals surface area contributed by atoms with Crippen molar-refractivity contribution < 1.29 is 19.4 Å². The molecule has 0 fully saturated rings. The summed E-state index contributed by atoms with van der Waals surface area (Å²) in [5.41, 5.74) is 6.59. The summed E-state index contributed by atoms with van der Waals surface area (Å²) in [5, 5.41) is 19.1. The molecular weight excluding hydrogens is 480 g/mol. The molecule has 0 amide bonds. The number of carboxylic acid groups (broad SMARTS) is 1. The van der Waals surface area contributed by atoms with E-state index in [4.69, 9.17) is 19.4 Å². The van der Waals surface area contributed by atoms with Gasteiger partial charge in [-0.1, -0.05) is 6.07 Å². The van der Waals surface area contributed by atoms with Gasteiger partial charge in [0.1, 0.15) is 5.75 Å². The van der Waals surface area contributed by atoms with Crippen LogP contribution >= 0.6 is 0 Å². The summed E-state index contributed by atoms with van der Waals surface area (Å²) in [4.78, 5) is 22.4. The number of nitrogens with one attached hydrogen (secondary N) is 1. The van der Waals surface area contributed by atoms with E-state index < -0.39 is 17.7 Å². The lowest BCUT2D eigenvalue weighted by molar-refractivity contribution is -0.160. The summed E-state index contributed by atoms with van der Waals surface area (Å²) in [6.45, 7) is 8.11. The monoisotopic (exact) mass is 508 g/mol. The van der Waals surface area contributed by atoms with Crippen LogP contribution in [0.2, 0.25) is 0 Å². The van der Waals surface area contributed by atoms with Gasteiger partial charge in [0.25, 0.3) is 0 Å². The summed E-state index contributed by atoms with van der Waals surface area (Å²) >= 11 is 0. The van der Waals surface area contributed by atoms with Crippen LogP contribution in [0.3, 0.4) is 0 Å². The summed E-state index contributed by atoms with van der Waals surface area (Å²) in [7, 11) is 0. The van der Waals surface area contributed by atoms with Crippen molar-refractivity contribution in [2.75, 3.05) is 6.61 Å². The summed E-state index contributed by atoms with van der Waals surface area (Å²) < 4.78 is 12.1. The number of pyridine rings is 2. The first-order valence-corrected chi connectivity index (χ1v) is 12.6. The van der Waals surface area contributed by atoms with Crippen LogP contribution in [0.25, 0.3) is 44.2 Å². The molecule has 0 radical (unpaired) electrons. The number of hydrogen-bond acceptors (Lipinski definition) is 6. The first-order chi connectivity index (χ1) is 18.2. The zero-order chi connectivity index (χ0) is 26.6. The van der Waals surface area contributed by atoms with Gasteiger partial charge >= 0.3 is 5.97 Å². The van der Waals surface area contributed by atoms with Gasteiger partial charge in [0.2, 0.25) is 0 Å². The normalized spacial score (nSPS) is 14.0. The molecule has 1 unspecified atom stereocenters. The van der Waals surface area contributed by atoms with E-state index in [1.807, 2.05) is 70.3 Å². The largest absolute Gasteiger partial charge is 0.493 e. The van der Waals surface area contributed by atoms with Crippen LogP contribution in [0.15, 0.2) is 55.0 Å². The molecule has 2 N–H and O–H groups in total. The lowest BCUT2D eigenvalue weighted by Crippen LogP contribution is -2.28. The lowest BCUT2D eigenvalue weighted by Gasteiger charge is -2.29. The maximum atomic E-state index is 12.7. The molecule has 4 heterocycles. The fraction of sp³-hybridized carbons (Fsp3) is 0.267. The highest BCUT2D eigenvalue weighted by atomic mass is 16.5. The quantitative estimate of drug-likeness (QED) is 0.298. The number of aromatic nitrogens is 4. The first kappa shape index (κ1) is 24.1. The van der Waals surface area contributed by atoms with Gasteiger partial charge in [-0.3, -0.25) is 10.1 Å². The van der Waals surface area contributed by atoms with Crippen LogP contribution in [-0.2, 0) is 16.0 Å². The second-order valence-corrected chi connectivity index (χ2v) is 10.6. The molecule has 8 nitrogen and oxygen atoms in total. The standard InChI is InChI=1S/C30H28N4O4/c1-16-13-22-19(5-7-21(34-22)18-14-32-33-15-18)26(24(16)28(29(35)36)38-30(2,3)4)20-6-8-23-25-17(10-12-37-23)9-11-31-27(20)25/h5-9,11,13-15,28H,10,12H2,1-4H3,(H,32,33)(H,35,36). The molecule has 5 aromatic rings. The third-order valence-electron chi connectivity index (χ3n) is 6.83. The van der Waals surface area contributed by atoms with Gasteiger partial charge in [-0.15, -0.1) is 0 Å². The SMILES string of the molecule is Cc1cc2nc(-c3cn[nH]c3)ccc2c(-c2ccc3c4c(ccnc24)CCO3)c1C(OC(C)(C)C)C(=O)O. The molecule has 0 spiro atoms. The number of ether oxygens (including phenoxy) is 2. The topological polar surface area (TPSA) is 110 Å². The Labute approximate surface area is 219 Å². The number of aliphatic carboxylic acids is 1. The van der Waals surface area contributed by atoms with E-state index in [1.54, 1.807) is 12.4 Å². The van der Waals surface area contributed by atoms with Gasteiger partial charge in [-0.2, -0.15) is 5.10 Å². The van der Waals surface area contributed by atoms with Gasteiger partial charge in [0.05, 0.1) is 35.1 Å². The minimum atomic E-state index is -1.19. The van der Waals surface area contributed by atoms with Crippen LogP contribution in [-0.4, -0.2) is 43.4 Å². The Morgan fingerprint density at radius 3 is 2.76 bits per heavy atom. The number of nitrogens with zero attached hydrogens (tertiary/aromatic N) is 3. The van der Waals surface area contributed by atoms with E-state index in [-0.39, 0.29) is 0 Å². The number of aromatic amines is 1. The summed E-state index contributed by atoms with van der Waals surface area (Å²) in [6.07, 6.45) is 4.93. The Kier molecular flexibility index (Phi) is 5.65. The Morgan fingerprint density at radius 2 is 2.03 bits per heavy atom. The minimum Gasteiger partial charge on any atom is -0.493 e. The number of benzene rings is 2. The van der Waals surface area contributed by atoms with Crippen molar-refractivity contribution in [1.29, 1.82) is 0 Å². The van der Waals surface area contributed by atoms with Crippen LogP contribution < -0.4 is 4.74 Å². The predicted octanol–water partition coefficient (Wildman–Crippen LogP) is 6.02. The molecule has 1 aliphatic rings. The number of fused-ring (bicyclic) bond motifs is 1. The number of rotatable bonds is 5. The molecular formula is C30H28N4O4. The minimum absolute atomic E-state index is 0.594. The Bertz CT molecular complexity index is 1690. The summed E-state index contributed by atoms with van der Waals surface area (Å²) in [5.74, 6) is -0.261. The molecule has 0 saturated heterocycles. The number of carbonyl (C=O) groups is 1. The zero-order valence-corrected chi connectivity index (χ0v) is 21.7. The van der Waals surface area contributed by atoms with Crippen molar-refractivity contribution in [3.05, 3.63) is 71.7 Å². The fourth-order valence-electron chi connectivity index (χ4n) is 5.29. The van der Waals surface area contributed by atoms with E-state index in [0.29, 0.717) is 12.2 Å². The Balaban J connectivity index is 1.71. The third-order valence-corrected chi connectivity index (χ3v) is 6.83. The van der Waals surface area contributed by atoms with E-state index in [2.05, 4.69) is 10.2 Å². The summed E-state index contributed by atoms with van der Waals surface area (Å²) in [6, 6.07) is 11.8. The van der Waals surface area contributed by atoms with Gasteiger partial charge in [0.15, 0.2) is 6.10 Å². The molecule has 0 saturated carbocycles. The predicted molar refractivity (Wildman–Crippen MR) is 145 cm³/mol. The molecule has 0 aliphatic carbocycles. The molecule has 3 aromatic heterocycles. The number of aryl methyl sites for hydroxylation is 1. The first-order valence-electron chi connectivity index (χ1n) is 12.6. The molecule has 0 bridgehead atoms. The average molecular weight is 509 g/mol. The highest BCUT2D eigenvalue weighted by molar-refractivity contribution is 6.08. The highest BCUT2D eigenvalue weighted by Crippen LogP contribution is 2.45. The van der Waals surface area contributed by atoms with E-state index in [0.717, 1.165) is 67.5 Å². The van der Waals surface area contributed by atoms with Crippen molar-refractivity contribution in [2.45, 2.75) is 45.8 Å². The molecule has 192 valence electrons. The fourth-order valence-corrected chi connectivity index (χ4v) is 5.29. The Morgan fingerprint density at radius 1 is 1.18 bits per heavy atom. The van der Waals surface area contributed by atoms with Gasteiger partial charge < -0.3 is 14.6 Å².